The summed E-state index contributed by atoms with van der Waals surface area (Å²) in [7, 11) is 0. The Balaban J connectivity index is 1.39. The van der Waals surface area contributed by atoms with E-state index in [0.29, 0.717) is 0 Å². The molecule has 0 saturated heterocycles. The van der Waals surface area contributed by atoms with Gasteiger partial charge >= 0.3 is 0 Å². The smallest absolute Gasteiger partial charge is 0.0735 e. The summed E-state index contributed by atoms with van der Waals surface area (Å²) in [6.07, 6.45) is 0. The maximum atomic E-state index is 6.65. The van der Waals surface area contributed by atoms with Gasteiger partial charge in [-0.05, 0) is 101 Å². The van der Waals surface area contributed by atoms with Gasteiger partial charge in [0.25, 0.3) is 0 Å². The number of nitrogens with two attached hydrogens (primary N) is 1. The van der Waals surface area contributed by atoms with Gasteiger partial charge < -0.3 is 5.73 Å². The molecule has 1 spiro atoms. The van der Waals surface area contributed by atoms with Crippen molar-refractivity contribution < 1.29 is 0 Å². The number of anilines is 1. The Labute approximate surface area is 278 Å². The van der Waals surface area contributed by atoms with E-state index in [0.717, 1.165) is 5.69 Å². The highest BCUT2D eigenvalue weighted by atomic mass is 32.2. The number of nitrogen functional groups attached to an aromatic ring is 1. The molecule has 1 aliphatic carbocycles. The van der Waals surface area contributed by atoms with Gasteiger partial charge in [-0.25, -0.2) is 0 Å². The maximum absolute atomic E-state index is 6.65. The van der Waals surface area contributed by atoms with Crippen LogP contribution in [0, 0.1) is 0 Å². The highest BCUT2D eigenvalue weighted by molar-refractivity contribution is 7.99. The Kier molecular flexibility index (Phi) is 5.64. The van der Waals surface area contributed by atoms with Crippen LogP contribution in [0.5, 0.6) is 0 Å². The Morgan fingerprint density at radius 1 is 0.383 bits per heavy atom. The van der Waals surface area contributed by atoms with Crippen molar-refractivity contribution >= 4 is 39.0 Å². The first-order valence-corrected chi connectivity index (χ1v) is 17.0. The molecule has 0 fully saturated rings. The summed E-state index contributed by atoms with van der Waals surface area (Å²) >= 11 is 1.87. The molecule has 0 bridgehead atoms. The number of fused-ring (bicyclic) bond motifs is 11. The van der Waals surface area contributed by atoms with Gasteiger partial charge in [-0.2, -0.15) is 0 Å². The number of hydrogen-bond donors (Lipinski definition) is 1. The summed E-state index contributed by atoms with van der Waals surface area (Å²) in [4.78, 5) is 2.60. The molecule has 2 aliphatic rings. The van der Waals surface area contributed by atoms with Crippen LogP contribution in [-0.4, -0.2) is 0 Å². The van der Waals surface area contributed by atoms with Crippen LogP contribution in [0.4, 0.5) is 5.69 Å². The zero-order chi connectivity index (χ0) is 31.1. The standard InChI is InChI=1S/C45H29NS/c46-29-25-26-36-35(27-29)44-34(19-12-22-39(44)45(36)37-20-8-10-23-40(37)47-41-24-11-9-21-38(41)45)43-32-17-6-4-15-30(32)42(28-13-2-1-3-14-28)31-16-5-7-18-33(31)43/h1-27H,46H2. The summed E-state index contributed by atoms with van der Waals surface area (Å²) in [5.41, 5.74) is 19.8. The van der Waals surface area contributed by atoms with Gasteiger partial charge in [-0.15, -0.1) is 0 Å². The molecule has 0 saturated carbocycles. The molecule has 8 aromatic carbocycles. The lowest BCUT2D eigenvalue weighted by Crippen LogP contribution is -2.31. The van der Waals surface area contributed by atoms with E-state index in [4.69, 9.17) is 5.73 Å². The molecule has 8 aromatic rings. The Bertz CT molecular complexity index is 2460. The highest BCUT2D eigenvalue weighted by Crippen LogP contribution is 2.64. The minimum Gasteiger partial charge on any atom is -0.399 e. The molecule has 0 radical (unpaired) electrons. The molecule has 47 heavy (non-hydrogen) atoms. The quantitative estimate of drug-likeness (QED) is 0.155. The van der Waals surface area contributed by atoms with Crippen LogP contribution in [0.15, 0.2) is 174 Å². The largest absolute Gasteiger partial charge is 0.399 e. The van der Waals surface area contributed by atoms with Crippen molar-refractivity contribution in [1.82, 2.24) is 0 Å². The molecular weight excluding hydrogens is 587 g/mol. The lowest BCUT2D eigenvalue weighted by atomic mass is 9.67. The van der Waals surface area contributed by atoms with Gasteiger partial charge in [0.2, 0.25) is 0 Å². The maximum Gasteiger partial charge on any atom is 0.0735 e. The van der Waals surface area contributed by atoms with E-state index >= 15 is 0 Å². The fourth-order valence-corrected chi connectivity index (χ4v) is 9.71. The SMILES string of the molecule is Nc1ccc2c(c1)-c1c(-c3c4ccccc4c(-c4ccccc4)c4ccccc34)cccc1C21c2ccccc2Sc2ccccc21. The van der Waals surface area contributed by atoms with Crippen molar-refractivity contribution in [3.05, 3.63) is 186 Å². The summed E-state index contributed by atoms with van der Waals surface area (Å²) in [6, 6.07) is 60.2. The molecule has 1 aliphatic heterocycles. The second-order valence-electron chi connectivity index (χ2n) is 12.6. The minimum atomic E-state index is -0.456. The van der Waals surface area contributed by atoms with Crippen molar-refractivity contribution in [1.29, 1.82) is 0 Å². The third kappa shape index (κ3) is 3.56. The number of benzene rings is 8. The Hall–Kier alpha value is -5.57. The van der Waals surface area contributed by atoms with Gasteiger partial charge in [-0.3, -0.25) is 0 Å². The van der Waals surface area contributed by atoms with Crippen LogP contribution in [0.25, 0.3) is 54.9 Å². The molecular formula is C45H29NS. The Morgan fingerprint density at radius 3 is 1.55 bits per heavy atom. The lowest BCUT2D eigenvalue weighted by molar-refractivity contribution is 0.722. The predicted molar refractivity (Wildman–Crippen MR) is 198 cm³/mol. The second kappa shape index (κ2) is 9.96. The van der Waals surface area contributed by atoms with Crippen molar-refractivity contribution in [2.45, 2.75) is 15.2 Å². The molecule has 0 atom stereocenters. The number of rotatable bonds is 2. The van der Waals surface area contributed by atoms with Gasteiger partial charge in [0.1, 0.15) is 0 Å². The monoisotopic (exact) mass is 615 g/mol. The van der Waals surface area contributed by atoms with Crippen LogP contribution in [0.1, 0.15) is 22.3 Å². The van der Waals surface area contributed by atoms with Crippen LogP contribution in [0.2, 0.25) is 0 Å². The van der Waals surface area contributed by atoms with E-state index in [-0.39, 0.29) is 0 Å². The first-order chi connectivity index (χ1) is 23.2. The molecule has 0 unspecified atom stereocenters. The van der Waals surface area contributed by atoms with E-state index < -0.39 is 5.41 Å². The fourth-order valence-electron chi connectivity index (χ4n) is 8.51. The zero-order valence-electron chi connectivity index (χ0n) is 25.6. The highest BCUT2D eigenvalue weighted by Gasteiger charge is 2.50. The van der Waals surface area contributed by atoms with E-state index in [1.54, 1.807) is 0 Å². The predicted octanol–water partition coefficient (Wildman–Crippen LogP) is 11.7. The first-order valence-electron chi connectivity index (χ1n) is 16.1. The summed E-state index contributed by atoms with van der Waals surface area (Å²) in [5.74, 6) is 0. The molecule has 1 nitrogen and oxygen atoms in total. The van der Waals surface area contributed by atoms with Crippen molar-refractivity contribution in [2.75, 3.05) is 5.73 Å². The summed E-state index contributed by atoms with van der Waals surface area (Å²) < 4.78 is 0. The minimum absolute atomic E-state index is 0.456. The van der Waals surface area contributed by atoms with Gasteiger partial charge in [0.15, 0.2) is 0 Å². The van der Waals surface area contributed by atoms with E-state index in [2.05, 4.69) is 164 Å². The van der Waals surface area contributed by atoms with Crippen LogP contribution in [0.3, 0.4) is 0 Å². The fraction of sp³-hybridized carbons (Fsp3) is 0.0222. The second-order valence-corrected chi connectivity index (χ2v) is 13.7. The molecule has 10 rings (SSSR count). The third-order valence-electron chi connectivity index (χ3n) is 10.3. The van der Waals surface area contributed by atoms with Gasteiger partial charge in [0.05, 0.1) is 5.41 Å². The summed E-state index contributed by atoms with van der Waals surface area (Å²) in [6.45, 7) is 0. The van der Waals surface area contributed by atoms with E-state index in [1.807, 2.05) is 11.8 Å². The van der Waals surface area contributed by atoms with Crippen LogP contribution < -0.4 is 5.73 Å². The molecule has 1 heterocycles. The van der Waals surface area contributed by atoms with Crippen molar-refractivity contribution in [3.63, 3.8) is 0 Å². The zero-order valence-corrected chi connectivity index (χ0v) is 26.4. The number of hydrogen-bond acceptors (Lipinski definition) is 2. The van der Waals surface area contributed by atoms with Gasteiger partial charge in [-0.1, -0.05) is 151 Å². The van der Waals surface area contributed by atoms with Crippen molar-refractivity contribution in [3.8, 4) is 33.4 Å². The Morgan fingerprint density at radius 2 is 0.915 bits per heavy atom. The average molecular weight is 616 g/mol. The third-order valence-corrected chi connectivity index (χ3v) is 11.4. The topological polar surface area (TPSA) is 26.0 Å². The van der Waals surface area contributed by atoms with Gasteiger partial charge in [0, 0.05) is 15.5 Å². The molecule has 2 N–H and O–H groups in total. The van der Waals surface area contributed by atoms with E-state index in [9.17, 15) is 0 Å². The average Bonchev–Trinajstić information content (AvgIpc) is 3.41. The summed E-state index contributed by atoms with van der Waals surface area (Å²) in [5, 5.41) is 5.03. The molecule has 220 valence electrons. The molecule has 2 heteroatoms. The molecule has 0 aromatic heterocycles. The lowest BCUT2D eigenvalue weighted by Gasteiger charge is -2.39. The first kappa shape index (κ1) is 26.6. The van der Waals surface area contributed by atoms with Crippen LogP contribution in [-0.2, 0) is 5.41 Å². The van der Waals surface area contributed by atoms with Crippen LogP contribution >= 0.6 is 11.8 Å². The normalized spacial score (nSPS) is 13.7. The molecule has 0 amide bonds. The van der Waals surface area contributed by atoms with E-state index in [1.165, 1.54) is 87.0 Å². The van der Waals surface area contributed by atoms with Crippen molar-refractivity contribution in [2.24, 2.45) is 0 Å².